The van der Waals surface area contributed by atoms with Gasteiger partial charge in [0.15, 0.2) is 0 Å². The second kappa shape index (κ2) is 5.68. The molecule has 0 amide bonds. The molecule has 8 heteroatoms. The summed E-state index contributed by atoms with van der Waals surface area (Å²) >= 11 is 0. The highest BCUT2D eigenvalue weighted by atomic mass is 32.2. The Balaban J connectivity index is 2.15. The smallest absolute Gasteiger partial charge is 0.267 e. The number of hydrogen-bond donors (Lipinski definition) is 0. The minimum absolute atomic E-state index is 0.0544. The summed E-state index contributed by atoms with van der Waals surface area (Å²) in [5.41, 5.74) is -0.139. The minimum Gasteiger partial charge on any atom is -0.267 e. The fraction of sp³-hybridized carbons (Fsp3) is 0.538. The highest BCUT2D eigenvalue weighted by molar-refractivity contribution is 7.87. The maximum atomic E-state index is 12.2. The molecule has 0 heterocycles. The van der Waals surface area contributed by atoms with E-state index in [2.05, 4.69) is 0 Å². The third-order valence-corrected chi connectivity index (χ3v) is 5.37. The van der Waals surface area contributed by atoms with Crippen LogP contribution in [0.3, 0.4) is 0 Å². The Morgan fingerprint density at radius 2 is 1.67 bits per heavy atom. The second-order valence-electron chi connectivity index (χ2n) is 5.35. The van der Waals surface area contributed by atoms with E-state index in [1.165, 1.54) is 12.1 Å². The summed E-state index contributed by atoms with van der Waals surface area (Å²) in [6.07, 6.45) is 2.60. The van der Waals surface area contributed by atoms with E-state index in [1.807, 2.05) is 6.92 Å². The van der Waals surface area contributed by atoms with E-state index in [0.717, 1.165) is 18.2 Å². The summed E-state index contributed by atoms with van der Waals surface area (Å²) in [7, 11) is -7.57. The molecule has 0 unspecified atom stereocenters. The molecule has 0 N–H and O–H groups in total. The van der Waals surface area contributed by atoms with Crippen LogP contribution in [-0.2, 0) is 28.6 Å². The van der Waals surface area contributed by atoms with Gasteiger partial charge >= 0.3 is 0 Å². The van der Waals surface area contributed by atoms with Crippen LogP contribution in [0.15, 0.2) is 29.2 Å². The van der Waals surface area contributed by atoms with E-state index in [-0.39, 0.29) is 11.5 Å². The van der Waals surface area contributed by atoms with Crippen LogP contribution in [0, 0.1) is 6.92 Å². The van der Waals surface area contributed by atoms with Crippen molar-refractivity contribution in [2.75, 3.05) is 12.9 Å². The molecule has 1 aromatic carbocycles. The van der Waals surface area contributed by atoms with Gasteiger partial charge in [-0.25, -0.2) is 0 Å². The van der Waals surface area contributed by atoms with Crippen LogP contribution in [0.1, 0.15) is 24.8 Å². The van der Waals surface area contributed by atoms with Crippen molar-refractivity contribution >= 4 is 20.2 Å². The number of benzene rings is 1. The van der Waals surface area contributed by atoms with Crippen LogP contribution in [0.5, 0.6) is 0 Å². The molecule has 1 aromatic rings. The van der Waals surface area contributed by atoms with Gasteiger partial charge in [-0.3, -0.25) is 8.37 Å². The lowest BCUT2D eigenvalue weighted by atomic mass is 9.81. The van der Waals surface area contributed by atoms with E-state index in [1.54, 1.807) is 12.1 Å². The molecule has 6 nitrogen and oxygen atoms in total. The number of hydrogen-bond acceptors (Lipinski definition) is 6. The van der Waals surface area contributed by atoms with E-state index < -0.39 is 25.8 Å². The standard InChI is InChI=1S/C13H18O6S2/c1-11-4-6-12(7-5-11)21(16,17)19-13(8-3-9-13)10-18-20(2,14)15/h4-7H,3,8-10H2,1-2H3. The van der Waals surface area contributed by atoms with Crippen molar-refractivity contribution in [3.63, 3.8) is 0 Å². The normalized spacial score (nSPS) is 18.2. The second-order valence-corrected chi connectivity index (χ2v) is 8.54. The van der Waals surface area contributed by atoms with E-state index in [9.17, 15) is 16.8 Å². The van der Waals surface area contributed by atoms with E-state index in [4.69, 9.17) is 8.37 Å². The molecule has 0 aliphatic heterocycles. The van der Waals surface area contributed by atoms with Crippen molar-refractivity contribution in [3.8, 4) is 0 Å². The third kappa shape index (κ3) is 4.26. The zero-order valence-corrected chi connectivity index (χ0v) is 13.5. The average Bonchev–Trinajstić information content (AvgIpc) is 2.32. The molecule has 0 aromatic heterocycles. The van der Waals surface area contributed by atoms with Gasteiger partial charge in [0.05, 0.1) is 17.8 Å². The molecular weight excluding hydrogens is 316 g/mol. The third-order valence-electron chi connectivity index (χ3n) is 3.40. The van der Waals surface area contributed by atoms with Gasteiger partial charge in [0.1, 0.15) is 5.60 Å². The molecule has 0 radical (unpaired) electrons. The largest absolute Gasteiger partial charge is 0.297 e. The van der Waals surface area contributed by atoms with Crippen LogP contribution < -0.4 is 0 Å². The zero-order chi connectivity index (χ0) is 15.7. The SMILES string of the molecule is Cc1ccc(S(=O)(=O)OC2(COS(C)(=O)=O)CCC2)cc1. The highest BCUT2D eigenvalue weighted by Crippen LogP contribution is 2.38. The van der Waals surface area contributed by atoms with Gasteiger partial charge in [0.25, 0.3) is 20.2 Å². The van der Waals surface area contributed by atoms with Gasteiger partial charge in [-0.1, -0.05) is 17.7 Å². The van der Waals surface area contributed by atoms with E-state index >= 15 is 0 Å². The van der Waals surface area contributed by atoms with Crippen LogP contribution in [0.25, 0.3) is 0 Å². The van der Waals surface area contributed by atoms with Crippen LogP contribution in [0.2, 0.25) is 0 Å². The first kappa shape index (κ1) is 16.4. The van der Waals surface area contributed by atoms with Crippen molar-refractivity contribution in [2.45, 2.75) is 36.7 Å². The maximum Gasteiger partial charge on any atom is 0.297 e. The van der Waals surface area contributed by atoms with Gasteiger partial charge in [-0.2, -0.15) is 16.8 Å². The molecule has 1 aliphatic rings. The fourth-order valence-electron chi connectivity index (χ4n) is 2.02. The monoisotopic (exact) mass is 334 g/mol. The van der Waals surface area contributed by atoms with E-state index in [0.29, 0.717) is 12.8 Å². The van der Waals surface area contributed by atoms with Crippen LogP contribution in [0.4, 0.5) is 0 Å². The van der Waals surface area contributed by atoms with Crippen molar-refractivity contribution < 1.29 is 25.2 Å². The van der Waals surface area contributed by atoms with Crippen molar-refractivity contribution in [1.82, 2.24) is 0 Å². The lowest BCUT2D eigenvalue weighted by Gasteiger charge is -2.39. The Kier molecular flexibility index (Phi) is 4.44. The van der Waals surface area contributed by atoms with Gasteiger partial charge in [-0.05, 0) is 38.3 Å². The topological polar surface area (TPSA) is 86.7 Å². The van der Waals surface area contributed by atoms with Crippen LogP contribution >= 0.6 is 0 Å². The summed E-state index contributed by atoms with van der Waals surface area (Å²) in [6, 6.07) is 6.29. The maximum absolute atomic E-state index is 12.2. The summed E-state index contributed by atoms with van der Waals surface area (Å²) in [6.45, 7) is 1.57. The summed E-state index contributed by atoms with van der Waals surface area (Å²) in [5, 5.41) is 0. The number of rotatable bonds is 6. The molecule has 0 atom stereocenters. The first-order valence-electron chi connectivity index (χ1n) is 6.49. The lowest BCUT2D eigenvalue weighted by Crippen LogP contribution is -2.46. The summed E-state index contributed by atoms with van der Waals surface area (Å²) in [4.78, 5) is 0.0544. The van der Waals surface area contributed by atoms with Gasteiger partial charge in [0, 0.05) is 0 Å². The quantitative estimate of drug-likeness (QED) is 0.734. The predicted octanol–water partition coefficient (Wildman–Crippen LogP) is 1.60. The van der Waals surface area contributed by atoms with Crippen molar-refractivity contribution in [2.24, 2.45) is 0 Å². The minimum atomic E-state index is -3.94. The van der Waals surface area contributed by atoms with Gasteiger partial charge in [-0.15, -0.1) is 0 Å². The fourth-order valence-corrected chi connectivity index (χ4v) is 3.70. The first-order chi connectivity index (χ1) is 9.62. The molecule has 1 saturated carbocycles. The zero-order valence-electron chi connectivity index (χ0n) is 11.9. The molecule has 21 heavy (non-hydrogen) atoms. The predicted molar refractivity (Wildman–Crippen MR) is 76.8 cm³/mol. The summed E-state index contributed by atoms with van der Waals surface area (Å²) in [5.74, 6) is 0. The molecule has 2 rings (SSSR count). The Morgan fingerprint density at radius 3 is 2.10 bits per heavy atom. The first-order valence-corrected chi connectivity index (χ1v) is 9.71. The Hall–Kier alpha value is -0.960. The number of aryl methyl sites for hydroxylation is 1. The molecule has 118 valence electrons. The van der Waals surface area contributed by atoms with Crippen molar-refractivity contribution in [3.05, 3.63) is 29.8 Å². The molecule has 0 spiro atoms. The lowest BCUT2D eigenvalue weighted by molar-refractivity contribution is -0.0368. The molecule has 0 saturated heterocycles. The average molecular weight is 334 g/mol. The Bertz CT molecular complexity index is 700. The Labute approximate surface area is 125 Å². The van der Waals surface area contributed by atoms with Gasteiger partial charge < -0.3 is 0 Å². The molecule has 0 bridgehead atoms. The molecule has 1 aliphatic carbocycles. The van der Waals surface area contributed by atoms with Crippen LogP contribution in [-0.4, -0.2) is 35.3 Å². The molecular formula is C13H18O6S2. The summed E-state index contributed by atoms with van der Waals surface area (Å²) < 4.78 is 56.6. The van der Waals surface area contributed by atoms with Gasteiger partial charge in [0.2, 0.25) is 0 Å². The highest BCUT2D eigenvalue weighted by Gasteiger charge is 2.44. The molecule has 1 fully saturated rings. The Morgan fingerprint density at radius 1 is 1.10 bits per heavy atom. The van der Waals surface area contributed by atoms with Crippen molar-refractivity contribution in [1.29, 1.82) is 0 Å².